The number of aromatic nitrogens is 2. The minimum Gasteiger partial charge on any atom is -0.333 e. The van der Waals surface area contributed by atoms with Crippen LogP contribution in [0.5, 0.6) is 0 Å². The van der Waals surface area contributed by atoms with Gasteiger partial charge in [0, 0.05) is 16.5 Å². The lowest BCUT2D eigenvalue weighted by Gasteiger charge is -2.22. The summed E-state index contributed by atoms with van der Waals surface area (Å²) in [7, 11) is 0. The van der Waals surface area contributed by atoms with Crippen LogP contribution >= 0.6 is 23.1 Å². The van der Waals surface area contributed by atoms with E-state index in [0.29, 0.717) is 15.4 Å². The number of urea groups is 1. The molecule has 3 rings (SSSR count). The maximum atomic E-state index is 13.4. The zero-order valence-corrected chi connectivity index (χ0v) is 20.1. The highest BCUT2D eigenvalue weighted by Crippen LogP contribution is 2.35. The number of imide groups is 1. The molecule has 2 heterocycles. The van der Waals surface area contributed by atoms with Gasteiger partial charge in [0.2, 0.25) is 5.91 Å². The van der Waals surface area contributed by atoms with Crippen LogP contribution in [0.4, 0.5) is 4.79 Å². The van der Waals surface area contributed by atoms with Crippen LogP contribution in [0.3, 0.4) is 0 Å². The highest BCUT2D eigenvalue weighted by molar-refractivity contribution is 8.00. The van der Waals surface area contributed by atoms with Gasteiger partial charge in [0.25, 0.3) is 5.56 Å². The van der Waals surface area contributed by atoms with Crippen molar-refractivity contribution in [1.82, 2.24) is 20.2 Å². The maximum absolute atomic E-state index is 13.4. The van der Waals surface area contributed by atoms with Gasteiger partial charge in [-0.3, -0.25) is 19.5 Å². The van der Waals surface area contributed by atoms with E-state index in [1.807, 2.05) is 34.6 Å². The second-order valence-electron chi connectivity index (χ2n) is 8.92. The van der Waals surface area contributed by atoms with Gasteiger partial charge in [-0.1, -0.05) is 24.6 Å². The average Bonchev–Trinajstić information content (AvgIpc) is 3.22. The molecule has 1 aliphatic rings. The molecule has 1 saturated carbocycles. The highest BCUT2D eigenvalue weighted by Gasteiger charge is 2.28. The van der Waals surface area contributed by atoms with Crippen LogP contribution in [0.1, 0.15) is 69.9 Å². The number of carbonyl (C=O) groups excluding carboxylic acids is 2. The summed E-state index contributed by atoms with van der Waals surface area (Å²) in [4.78, 5) is 44.6. The summed E-state index contributed by atoms with van der Waals surface area (Å²) >= 11 is 2.74. The lowest BCUT2D eigenvalue weighted by molar-refractivity contribution is -0.119. The second kappa shape index (κ2) is 8.70. The third-order valence-electron chi connectivity index (χ3n) is 5.27. The van der Waals surface area contributed by atoms with E-state index in [2.05, 4.69) is 10.6 Å². The van der Waals surface area contributed by atoms with Gasteiger partial charge in [-0.25, -0.2) is 9.78 Å². The van der Waals surface area contributed by atoms with Crippen LogP contribution in [0, 0.1) is 13.8 Å². The molecule has 2 aromatic heterocycles. The third-order valence-corrected chi connectivity index (χ3v) is 7.44. The predicted molar refractivity (Wildman–Crippen MR) is 123 cm³/mol. The molecule has 0 aliphatic heterocycles. The topological polar surface area (TPSA) is 93.1 Å². The van der Waals surface area contributed by atoms with Crippen molar-refractivity contribution in [1.29, 1.82) is 0 Å². The van der Waals surface area contributed by atoms with Gasteiger partial charge in [0.1, 0.15) is 4.83 Å². The molecule has 2 aromatic rings. The fourth-order valence-electron chi connectivity index (χ4n) is 3.65. The number of rotatable bonds is 4. The van der Waals surface area contributed by atoms with Gasteiger partial charge in [-0.05, 0) is 59.9 Å². The molecule has 0 unspecified atom stereocenters. The maximum Gasteiger partial charge on any atom is 0.321 e. The Labute approximate surface area is 185 Å². The van der Waals surface area contributed by atoms with Crippen LogP contribution in [0.15, 0.2) is 9.95 Å². The van der Waals surface area contributed by atoms with Crippen molar-refractivity contribution in [2.24, 2.45) is 0 Å². The quantitative estimate of drug-likeness (QED) is 0.535. The molecule has 3 amide bonds. The number of carbonyl (C=O) groups is 2. The molecule has 9 heteroatoms. The van der Waals surface area contributed by atoms with Crippen LogP contribution < -0.4 is 16.2 Å². The average molecular weight is 451 g/mol. The normalized spacial score (nSPS) is 16.1. The van der Waals surface area contributed by atoms with Crippen LogP contribution in [0.2, 0.25) is 0 Å². The SMILES string of the molecule is Cc1sc2nc(S[C@@H](C)C(=O)NC(=O)NC(C)(C)C)n(C3CCCC3)c(=O)c2c1C. The molecule has 1 atom stereocenters. The Morgan fingerprint density at radius 2 is 1.87 bits per heavy atom. The first kappa shape index (κ1) is 22.8. The number of aryl methyl sites for hydroxylation is 2. The molecule has 1 aliphatic carbocycles. The van der Waals surface area contributed by atoms with Gasteiger partial charge in [-0.15, -0.1) is 11.3 Å². The number of thioether (sulfide) groups is 1. The van der Waals surface area contributed by atoms with E-state index in [1.165, 1.54) is 23.1 Å². The van der Waals surface area contributed by atoms with Gasteiger partial charge >= 0.3 is 6.03 Å². The molecule has 1 fully saturated rings. The van der Waals surface area contributed by atoms with E-state index >= 15 is 0 Å². The molecule has 7 nitrogen and oxygen atoms in total. The van der Waals surface area contributed by atoms with Crippen molar-refractivity contribution < 1.29 is 9.59 Å². The number of nitrogens with one attached hydrogen (secondary N) is 2. The fraction of sp³-hybridized carbons (Fsp3) is 0.619. The molecule has 0 aromatic carbocycles. The summed E-state index contributed by atoms with van der Waals surface area (Å²) < 4.78 is 1.79. The number of amides is 3. The number of hydrogen-bond acceptors (Lipinski definition) is 6. The number of hydrogen-bond donors (Lipinski definition) is 2. The van der Waals surface area contributed by atoms with Crippen molar-refractivity contribution in [3.05, 3.63) is 20.8 Å². The van der Waals surface area contributed by atoms with Crippen molar-refractivity contribution in [3.63, 3.8) is 0 Å². The Bertz CT molecular complexity index is 1030. The molecular weight excluding hydrogens is 420 g/mol. The minimum atomic E-state index is -0.574. The first-order chi connectivity index (χ1) is 14.0. The van der Waals surface area contributed by atoms with Crippen molar-refractivity contribution in [2.75, 3.05) is 0 Å². The summed E-state index contributed by atoms with van der Waals surface area (Å²) in [5.41, 5.74) is 0.528. The molecule has 0 radical (unpaired) electrons. The van der Waals surface area contributed by atoms with Crippen molar-refractivity contribution in [3.8, 4) is 0 Å². The first-order valence-corrected chi connectivity index (χ1v) is 12.0. The largest absolute Gasteiger partial charge is 0.333 e. The Balaban J connectivity index is 1.91. The first-order valence-electron chi connectivity index (χ1n) is 10.3. The molecule has 164 valence electrons. The second-order valence-corrected chi connectivity index (χ2v) is 11.4. The number of thiophene rings is 1. The minimum absolute atomic E-state index is 0.0191. The molecule has 0 saturated heterocycles. The molecule has 0 spiro atoms. The molecule has 30 heavy (non-hydrogen) atoms. The summed E-state index contributed by atoms with van der Waals surface area (Å²) in [5.74, 6) is -0.410. The van der Waals surface area contributed by atoms with Gasteiger partial charge < -0.3 is 5.32 Å². The van der Waals surface area contributed by atoms with Crippen molar-refractivity contribution >= 4 is 45.3 Å². The van der Waals surface area contributed by atoms with Crippen LogP contribution in [0.25, 0.3) is 10.2 Å². The summed E-state index contributed by atoms with van der Waals surface area (Å²) in [6.07, 6.45) is 4.06. The van der Waals surface area contributed by atoms with E-state index in [9.17, 15) is 14.4 Å². The standard InChI is InChI=1S/C21H30N4O3S2/c1-11-12(2)29-17-15(11)18(27)25(14-9-7-8-10-14)20(23-17)30-13(3)16(26)22-19(28)24-21(4,5)6/h13-14H,7-10H2,1-6H3,(H2,22,24,26,28)/t13-/m0/s1. The molecule has 0 bridgehead atoms. The summed E-state index contributed by atoms with van der Waals surface area (Å²) in [6.45, 7) is 11.2. The smallest absolute Gasteiger partial charge is 0.321 e. The van der Waals surface area contributed by atoms with E-state index in [1.54, 1.807) is 11.5 Å². The fourth-order valence-corrected chi connectivity index (χ4v) is 5.70. The Morgan fingerprint density at radius 3 is 2.47 bits per heavy atom. The van der Waals surface area contributed by atoms with Gasteiger partial charge in [0.05, 0.1) is 10.6 Å². The zero-order chi connectivity index (χ0) is 22.2. The van der Waals surface area contributed by atoms with Crippen LogP contribution in [-0.4, -0.2) is 32.3 Å². The van der Waals surface area contributed by atoms with E-state index < -0.39 is 22.7 Å². The lowest BCUT2D eigenvalue weighted by atomic mass is 10.1. The van der Waals surface area contributed by atoms with Gasteiger partial charge in [0.15, 0.2) is 5.16 Å². The Hall–Kier alpha value is -1.87. The zero-order valence-electron chi connectivity index (χ0n) is 18.4. The number of nitrogens with zero attached hydrogens (tertiary/aromatic N) is 2. The molecule has 2 N–H and O–H groups in total. The predicted octanol–water partition coefficient (Wildman–Crippen LogP) is 4.29. The number of fused-ring (bicyclic) bond motifs is 1. The van der Waals surface area contributed by atoms with Crippen LogP contribution in [-0.2, 0) is 4.79 Å². The van der Waals surface area contributed by atoms with E-state index in [-0.39, 0.29) is 11.6 Å². The monoisotopic (exact) mass is 450 g/mol. The van der Waals surface area contributed by atoms with Gasteiger partial charge in [-0.2, -0.15) is 0 Å². The Kier molecular flexibility index (Phi) is 6.62. The lowest BCUT2D eigenvalue weighted by Crippen LogP contribution is -2.49. The molecular formula is C21H30N4O3S2. The summed E-state index contributed by atoms with van der Waals surface area (Å²) in [5, 5.41) is 5.78. The highest BCUT2D eigenvalue weighted by atomic mass is 32.2. The summed E-state index contributed by atoms with van der Waals surface area (Å²) in [6, 6.07) is -0.419. The van der Waals surface area contributed by atoms with Crippen molar-refractivity contribution in [2.45, 2.75) is 89.2 Å². The van der Waals surface area contributed by atoms with E-state index in [0.717, 1.165) is 36.1 Å². The Morgan fingerprint density at radius 1 is 1.23 bits per heavy atom. The van der Waals surface area contributed by atoms with E-state index in [4.69, 9.17) is 4.98 Å². The third kappa shape index (κ3) is 4.88.